The van der Waals surface area contributed by atoms with Crippen molar-refractivity contribution in [2.24, 2.45) is 0 Å². The van der Waals surface area contributed by atoms with Crippen LogP contribution in [-0.2, 0) is 11.2 Å². The van der Waals surface area contributed by atoms with Crippen LogP contribution >= 0.6 is 0 Å². The molecule has 4 heteroatoms. The van der Waals surface area contributed by atoms with Crippen molar-refractivity contribution in [1.82, 2.24) is 0 Å². The molecule has 0 saturated heterocycles. The topological polar surface area (TPSA) is 66.8 Å². The molecule has 0 saturated carbocycles. The van der Waals surface area contributed by atoms with E-state index in [0.29, 0.717) is 5.75 Å². The lowest BCUT2D eigenvalue weighted by Gasteiger charge is -2.21. The van der Waals surface area contributed by atoms with E-state index >= 15 is 0 Å². The van der Waals surface area contributed by atoms with Gasteiger partial charge in [0.05, 0.1) is 6.61 Å². The largest absolute Gasteiger partial charge is 0.482 e. The van der Waals surface area contributed by atoms with Crippen LogP contribution < -0.4 is 4.74 Å². The minimum atomic E-state index is -0.977. The van der Waals surface area contributed by atoms with Gasteiger partial charge >= 0.3 is 5.97 Å². The maximum atomic E-state index is 10.5. The van der Waals surface area contributed by atoms with Gasteiger partial charge in [-0.3, -0.25) is 0 Å². The number of aliphatic hydroxyl groups is 1. The van der Waals surface area contributed by atoms with Gasteiger partial charge in [-0.2, -0.15) is 0 Å². The number of hydrogen-bond acceptors (Lipinski definition) is 3. The highest BCUT2D eigenvalue weighted by Gasteiger charge is 2.17. The second kappa shape index (κ2) is 5.69. The predicted molar refractivity (Wildman–Crippen MR) is 67.6 cm³/mol. The van der Waals surface area contributed by atoms with Crippen molar-refractivity contribution >= 4 is 11.5 Å². The van der Waals surface area contributed by atoms with E-state index in [1.165, 1.54) is 0 Å². The lowest BCUT2D eigenvalue weighted by molar-refractivity contribution is -0.139. The molecule has 0 amide bonds. The normalized spacial score (nSPS) is 16.4. The molecular weight excluding hydrogens is 232 g/mol. The Kier molecular flexibility index (Phi) is 3.99. The monoisotopic (exact) mass is 248 g/mol. The number of rotatable bonds is 4. The fourth-order valence-electron chi connectivity index (χ4n) is 2.31. The maximum absolute atomic E-state index is 10.5. The second-order valence-corrected chi connectivity index (χ2v) is 4.23. The number of fused-ring (bicyclic) bond motifs is 1. The van der Waals surface area contributed by atoms with Crippen LogP contribution in [0.1, 0.15) is 24.0 Å². The van der Waals surface area contributed by atoms with Gasteiger partial charge in [0.2, 0.25) is 0 Å². The molecule has 0 aliphatic heterocycles. The fraction of sp³-hybridized carbons (Fsp3) is 0.357. The molecule has 0 spiro atoms. The average molecular weight is 248 g/mol. The minimum Gasteiger partial charge on any atom is -0.482 e. The summed E-state index contributed by atoms with van der Waals surface area (Å²) in [6, 6.07) is 5.64. The van der Waals surface area contributed by atoms with E-state index in [1.807, 2.05) is 12.1 Å². The third-order valence-corrected chi connectivity index (χ3v) is 3.04. The Balaban J connectivity index is 2.31. The molecule has 0 fully saturated rings. The molecule has 96 valence electrons. The van der Waals surface area contributed by atoms with Crippen molar-refractivity contribution in [1.29, 1.82) is 0 Å². The van der Waals surface area contributed by atoms with Crippen LogP contribution in [0.15, 0.2) is 24.3 Å². The van der Waals surface area contributed by atoms with E-state index in [0.717, 1.165) is 36.0 Å². The van der Waals surface area contributed by atoms with Crippen LogP contribution in [0.5, 0.6) is 5.75 Å². The summed E-state index contributed by atoms with van der Waals surface area (Å²) in [5.41, 5.74) is 3.22. The predicted octanol–water partition coefficient (Wildman–Crippen LogP) is 1.86. The number of carboxylic acid groups (broad SMARTS) is 1. The molecule has 1 aromatic rings. The van der Waals surface area contributed by atoms with Gasteiger partial charge in [-0.1, -0.05) is 18.2 Å². The van der Waals surface area contributed by atoms with Crippen molar-refractivity contribution < 1.29 is 19.7 Å². The third-order valence-electron chi connectivity index (χ3n) is 3.04. The number of carbonyl (C=O) groups is 1. The molecule has 0 bridgehead atoms. The molecule has 0 atom stereocenters. The van der Waals surface area contributed by atoms with Crippen molar-refractivity contribution in [3.05, 3.63) is 35.4 Å². The van der Waals surface area contributed by atoms with E-state index in [-0.39, 0.29) is 13.2 Å². The van der Waals surface area contributed by atoms with E-state index in [2.05, 4.69) is 0 Å². The molecule has 0 heterocycles. The molecule has 1 aliphatic carbocycles. The van der Waals surface area contributed by atoms with Gasteiger partial charge in [0, 0.05) is 5.56 Å². The van der Waals surface area contributed by atoms with Gasteiger partial charge in [-0.25, -0.2) is 4.79 Å². The van der Waals surface area contributed by atoms with Gasteiger partial charge < -0.3 is 14.9 Å². The van der Waals surface area contributed by atoms with E-state index < -0.39 is 5.97 Å². The summed E-state index contributed by atoms with van der Waals surface area (Å²) in [5, 5.41) is 17.6. The van der Waals surface area contributed by atoms with E-state index in [4.69, 9.17) is 14.9 Å². The fourth-order valence-corrected chi connectivity index (χ4v) is 2.31. The smallest absolute Gasteiger partial charge is 0.341 e. The number of aliphatic hydroxyl groups excluding tert-OH is 1. The summed E-state index contributed by atoms with van der Waals surface area (Å²) in [7, 11) is 0. The Bertz CT molecular complexity index is 477. The minimum absolute atomic E-state index is 0.0228. The van der Waals surface area contributed by atoms with E-state index in [1.54, 1.807) is 12.1 Å². The van der Waals surface area contributed by atoms with Crippen molar-refractivity contribution in [3.8, 4) is 5.75 Å². The molecule has 18 heavy (non-hydrogen) atoms. The van der Waals surface area contributed by atoms with Crippen molar-refractivity contribution in [2.75, 3.05) is 13.2 Å². The summed E-state index contributed by atoms with van der Waals surface area (Å²) in [5.74, 6) is -0.340. The average Bonchev–Trinajstić information content (AvgIpc) is 2.37. The molecule has 0 radical (unpaired) electrons. The summed E-state index contributed by atoms with van der Waals surface area (Å²) >= 11 is 0. The zero-order valence-corrected chi connectivity index (χ0v) is 10.1. The number of aliphatic carboxylic acids is 1. The highest BCUT2D eigenvalue weighted by atomic mass is 16.5. The SMILES string of the molecule is O=C(O)COc1cccc2c1CCCC2=CCO. The molecular formula is C14H16O4. The van der Waals surface area contributed by atoms with Crippen molar-refractivity contribution in [2.45, 2.75) is 19.3 Å². The first-order valence-electron chi connectivity index (χ1n) is 5.99. The van der Waals surface area contributed by atoms with Crippen LogP contribution in [0.4, 0.5) is 0 Å². The summed E-state index contributed by atoms with van der Waals surface area (Å²) in [6.45, 7) is -0.301. The summed E-state index contributed by atoms with van der Waals surface area (Å²) in [4.78, 5) is 10.5. The van der Waals surface area contributed by atoms with Crippen LogP contribution in [-0.4, -0.2) is 29.4 Å². The quantitative estimate of drug-likeness (QED) is 0.853. The molecule has 0 unspecified atom stereocenters. The third kappa shape index (κ3) is 2.71. The Morgan fingerprint density at radius 3 is 2.94 bits per heavy atom. The number of benzene rings is 1. The maximum Gasteiger partial charge on any atom is 0.341 e. The number of allylic oxidation sites excluding steroid dienone is 1. The number of hydrogen-bond donors (Lipinski definition) is 2. The summed E-state index contributed by atoms with van der Waals surface area (Å²) < 4.78 is 5.30. The molecule has 0 aromatic heterocycles. The first-order valence-corrected chi connectivity index (χ1v) is 5.99. The first-order chi connectivity index (χ1) is 8.72. The standard InChI is InChI=1S/C14H16O4/c15-8-7-10-3-1-5-12-11(10)4-2-6-13(12)18-9-14(16)17/h2,4,6-7,15H,1,3,5,8-9H2,(H,16,17). The van der Waals surface area contributed by atoms with Gasteiger partial charge in [0.15, 0.2) is 6.61 Å². The van der Waals surface area contributed by atoms with Crippen molar-refractivity contribution in [3.63, 3.8) is 0 Å². The Morgan fingerprint density at radius 1 is 1.39 bits per heavy atom. The highest BCUT2D eigenvalue weighted by Crippen LogP contribution is 2.35. The molecule has 2 N–H and O–H groups in total. The number of carboxylic acids is 1. The number of ether oxygens (including phenoxy) is 1. The Labute approximate surface area is 106 Å². The van der Waals surface area contributed by atoms with Gasteiger partial charge in [0.25, 0.3) is 0 Å². The van der Waals surface area contributed by atoms with Gasteiger partial charge in [-0.05, 0) is 36.5 Å². The summed E-state index contributed by atoms with van der Waals surface area (Å²) in [6.07, 6.45) is 4.62. The van der Waals surface area contributed by atoms with Crippen LogP contribution in [0.25, 0.3) is 5.57 Å². The van der Waals surface area contributed by atoms with E-state index in [9.17, 15) is 4.79 Å². The lowest BCUT2D eigenvalue weighted by atomic mass is 9.86. The Hall–Kier alpha value is -1.81. The van der Waals surface area contributed by atoms with Gasteiger partial charge in [-0.15, -0.1) is 0 Å². The van der Waals surface area contributed by atoms with Crippen LogP contribution in [0, 0.1) is 0 Å². The zero-order chi connectivity index (χ0) is 13.0. The lowest BCUT2D eigenvalue weighted by Crippen LogP contribution is -2.12. The zero-order valence-electron chi connectivity index (χ0n) is 10.1. The van der Waals surface area contributed by atoms with Crippen LogP contribution in [0.3, 0.4) is 0 Å². The molecule has 4 nitrogen and oxygen atoms in total. The van der Waals surface area contributed by atoms with Gasteiger partial charge in [0.1, 0.15) is 5.75 Å². The Morgan fingerprint density at radius 2 is 2.22 bits per heavy atom. The molecule has 2 rings (SSSR count). The molecule has 1 aromatic carbocycles. The van der Waals surface area contributed by atoms with Crippen LogP contribution in [0.2, 0.25) is 0 Å². The molecule has 1 aliphatic rings. The second-order valence-electron chi connectivity index (χ2n) is 4.23. The first kappa shape index (κ1) is 12.6. The highest BCUT2D eigenvalue weighted by molar-refractivity contribution is 5.73.